The summed E-state index contributed by atoms with van der Waals surface area (Å²) < 4.78 is 28.5. The summed E-state index contributed by atoms with van der Waals surface area (Å²) >= 11 is 0. The molecule has 1 fully saturated rings. The van der Waals surface area contributed by atoms with Crippen molar-refractivity contribution in [3.63, 3.8) is 0 Å². The Morgan fingerprint density at radius 1 is 0.442 bits per heavy atom. The molecule has 1 heterocycles. The Labute approximate surface area is 468 Å². The summed E-state index contributed by atoms with van der Waals surface area (Å²) in [6.07, 6.45) is 53.3. The van der Waals surface area contributed by atoms with Crippen LogP contribution in [-0.4, -0.2) is 89.2 Å². The van der Waals surface area contributed by atoms with E-state index < -0.39 is 67.3 Å². The van der Waals surface area contributed by atoms with Crippen molar-refractivity contribution in [3.05, 3.63) is 60.8 Å². The third kappa shape index (κ3) is 43.0. The number of carbonyl (C=O) groups excluding carboxylic acids is 3. The second-order valence-electron chi connectivity index (χ2n) is 21.3. The number of hydrogen-bond acceptors (Lipinski definition) is 11. The summed E-state index contributed by atoms with van der Waals surface area (Å²) in [7, 11) is 0. The van der Waals surface area contributed by atoms with Crippen LogP contribution in [0.3, 0.4) is 0 Å². The highest BCUT2D eigenvalue weighted by atomic mass is 16.7. The summed E-state index contributed by atoms with van der Waals surface area (Å²) in [5.41, 5.74) is 0. The summed E-state index contributed by atoms with van der Waals surface area (Å²) in [5, 5.41) is 31.5. The maximum atomic E-state index is 13.2. The number of aliphatic hydroxyl groups excluding tert-OH is 2. The predicted molar refractivity (Wildman–Crippen MR) is 312 cm³/mol. The molecule has 1 rings (SSSR count). The van der Waals surface area contributed by atoms with E-state index in [9.17, 15) is 34.5 Å². The smallest absolute Gasteiger partial charge is 0.335 e. The van der Waals surface area contributed by atoms with Crippen LogP contribution in [0.1, 0.15) is 278 Å². The lowest BCUT2D eigenvalue weighted by Gasteiger charge is -2.40. The summed E-state index contributed by atoms with van der Waals surface area (Å²) in [5.74, 6) is -3.13. The number of aliphatic carboxylic acids is 1. The van der Waals surface area contributed by atoms with Crippen LogP contribution in [0, 0.1) is 0 Å². The molecule has 6 atom stereocenters. The van der Waals surface area contributed by atoms with Crippen LogP contribution in [-0.2, 0) is 42.9 Å². The van der Waals surface area contributed by atoms with Crippen molar-refractivity contribution in [2.45, 2.75) is 314 Å². The average molecular weight is 1090 g/mol. The maximum Gasteiger partial charge on any atom is 0.335 e. The van der Waals surface area contributed by atoms with Crippen molar-refractivity contribution < 1.29 is 58.2 Å². The van der Waals surface area contributed by atoms with Gasteiger partial charge in [0.1, 0.15) is 18.8 Å². The van der Waals surface area contributed by atoms with Crippen LogP contribution in [0.4, 0.5) is 0 Å². The quantitative estimate of drug-likeness (QED) is 0.0228. The fourth-order valence-corrected chi connectivity index (χ4v) is 9.28. The Hall–Kier alpha value is -3.58. The topological polar surface area (TPSA) is 175 Å². The number of unbranched alkanes of at least 4 members (excludes halogenated alkanes) is 29. The molecule has 12 heteroatoms. The number of hydrogen-bond donors (Lipinski definition) is 3. The highest BCUT2D eigenvalue weighted by molar-refractivity contribution is 5.74. The summed E-state index contributed by atoms with van der Waals surface area (Å²) in [6, 6.07) is 0. The number of carboxylic acids is 1. The van der Waals surface area contributed by atoms with Gasteiger partial charge in [0.2, 0.25) is 0 Å². The van der Waals surface area contributed by atoms with Gasteiger partial charge >= 0.3 is 23.9 Å². The SMILES string of the molecule is CC/C=C\C/C=C\C/C=C\C/C=C\CCCCCCCCC(=O)OCC(COC1OC(C(=O)O)C(O)C(O)C1OC(=O)CCCCCCC/C=C\CCCC)OC(=O)CCCCCCCCCCCCCCCCCCC. The van der Waals surface area contributed by atoms with E-state index in [1.54, 1.807) is 0 Å². The third-order valence-electron chi connectivity index (χ3n) is 14.1. The molecule has 1 aliphatic heterocycles. The van der Waals surface area contributed by atoms with Gasteiger partial charge in [-0.05, 0) is 77.0 Å². The number of carboxylic acid groups (broad SMARTS) is 1. The lowest BCUT2D eigenvalue weighted by molar-refractivity contribution is -0.301. The van der Waals surface area contributed by atoms with E-state index in [4.69, 9.17) is 23.7 Å². The zero-order valence-electron chi connectivity index (χ0n) is 49.0. The minimum absolute atomic E-state index is 0.0492. The van der Waals surface area contributed by atoms with Crippen molar-refractivity contribution >= 4 is 23.9 Å². The fraction of sp³-hybridized carbons (Fsp3) is 0.785. The Morgan fingerprint density at radius 3 is 1.30 bits per heavy atom. The van der Waals surface area contributed by atoms with E-state index in [0.717, 1.165) is 122 Å². The molecule has 0 radical (unpaired) electrons. The molecular formula is C65H112O12. The minimum atomic E-state index is -1.91. The molecule has 0 aromatic rings. The van der Waals surface area contributed by atoms with Crippen LogP contribution in [0.15, 0.2) is 60.8 Å². The maximum absolute atomic E-state index is 13.2. The van der Waals surface area contributed by atoms with Crippen molar-refractivity contribution in [2.24, 2.45) is 0 Å². The van der Waals surface area contributed by atoms with E-state index in [1.807, 2.05) is 0 Å². The van der Waals surface area contributed by atoms with E-state index in [0.29, 0.717) is 19.3 Å². The first kappa shape index (κ1) is 71.4. The molecule has 12 nitrogen and oxygen atoms in total. The van der Waals surface area contributed by atoms with Gasteiger partial charge in [0.25, 0.3) is 0 Å². The zero-order chi connectivity index (χ0) is 56.1. The molecule has 6 unspecified atom stereocenters. The van der Waals surface area contributed by atoms with E-state index in [2.05, 4.69) is 81.5 Å². The number of aliphatic hydroxyl groups is 2. The highest BCUT2D eigenvalue weighted by Crippen LogP contribution is 2.27. The van der Waals surface area contributed by atoms with E-state index in [1.165, 1.54) is 96.3 Å². The van der Waals surface area contributed by atoms with Crippen LogP contribution in [0.25, 0.3) is 0 Å². The molecule has 444 valence electrons. The van der Waals surface area contributed by atoms with Crippen molar-refractivity contribution in [1.29, 1.82) is 0 Å². The Bertz CT molecular complexity index is 1570. The Morgan fingerprint density at radius 2 is 0.831 bits per heavy atom. The molecule has 0 spiro atoms. The van der Waals surface area contributed by atoms with Crippen LogP contribution >= 0.6 is 0 Å². The molecular weight excluding hydrogens is 973 g/mol. The van der Waals surface area contributed by atoms with Crippen LogP contribution in [0.5, 0.6) is 0 Å². The van der Waals surface area contributed by atoms with Gasteiger partial charge in [-0.3, -0.25) is 14.4 Å². The molecule has 0 saturated carbocycles. The molecule has 0 aromatic carbocycles. The molecule has 0 aliphatic carbocycles. The molecule has 0 amide bonds. The highest BCUT2D eigenvalue weighted by Gasteiger charge is 2.50. The number of carbonyl (C=O) groups is 4. The molecule has 3 N–H and O–H groups in total. The molecule has 1 aliphatic rings. The molecule has 0 aromatic heterocycles. The van der Waals surface area contributed by atoms with Crippen LogP contribution < -0.4 is 0 Å². The van der Waals surface area contributed by atoms with Crippen molar-refractivity contribution in [1.82, 2.24) is 0 Å². The van der Waals surface area contributed by atoms with Gasteiger partial charge in [-0.15, -0.1) is 0 Å². The van der Waals surface area contributed by atoms with Gasteiger partial charge in [-0.2, -0.15) is 0 Å². The van der Waals surface area contributed by atoms with E-state index in [-0.39, 0.29) is 25.9 Å². The Kier molecular flexibility index (Phi) is 49.2. The third-order valence-corrected chi connectivity index (χ3v) is 14.1. The van der Waals surface area contributed by atoms with Gasteiger partial charge in [0, 0.05) is 19.3 Å². The van der Waals surface area contributed by atoms with Gasteiger partial charge in [0.15, 0.2) is 24.6 Å². The first-order valence-corrected chi connectivity index (χ1v) is 31.3. The average Bonchev–Trinajstić information content (AvgIpc) is 3.42. The number of allylic oxidation sites excluding steroid dienone is 10. The van der Waals surface area contributed by atoms with Gasteiger partial charge < -0.3 is 39.0 Å². The van der Waals surface area contributed by atoms with Gasteiger partial charge in [-0.1, -0.05) is 242 Å². The van der Waals surface area contributed by atoms with Crippen molar-refractivity contribution in [3.8, 4) is 0 Å². The first-order valence-electron chi connectivity index (χ1n) is 31.3. The van der Waals surface area contributed by atoms with Gasteiger partial charge in [0.05, 0.1) is 6.61 Å². The first-order chi connectivity index (χ1) is 37.6. The number of esters is 3. The van der Waals surface area contributed by atoms with E-state index >= 15 is 0 Å². The predicted octanol–water partition coefficient (Wildman–Crippen LogP) is 16.3. The molecule has 1 saturated heterocycles. The number of ether oxygens (including phenoxy) is 5. The monoisotopic (exact) mass is 1080 g/mol. The van der Waals surface area contributed by atoms with Gasteiger partial charge in [-0.25, -0.2) is 4.79 Å². The molecule has 77 heavy (non-hydrogen) atoms. The number of rotatable bonds is 53. The summed E-state index contributed by atoms with van der Waals surface area (Å²) in [6.45, 7) is 5.85. The second kappa shape index (κ2) is 53.1. The van der Waals surface area contributed by atoms with Crippen LogP contribution in [0.2, 0.25) is 0 Å². The minimum Gasteiger partial charge on any atom is -0.479 e. The fourth-order valence-electron chi connectivity index (χ4n) is 9.28. The normalized spacial score (nSPS) is 18.4. The standard InChI is InChI=1S/C65H112O12/c1-4-7-10-13-16-19-22-24-26-28-29-31-32-34-37-39-42-45-48-51-57(66)73-54-56(75-58(67)52-49-46-43-41-38-35-33-30-27-25-23-20-17-14-11-8-5-2)55-74-65-63(61(70)60(69)62(77-65)64(71)72)76-59(68)53-50-47-44-40-36-21-18-15-12-9-6-3/h7,10,15-16,18-19,24,26,29,31,56,60-63,65,69-70H,4-6,8-9,11-14,17,20-23,25,27-28,30,32-55H2,1-3H3,(H,71,72)/b10-7-,18-15-,19-16-,26-24-,31-29-. The second-order valence-corrected chi connectivity index (χ2v) is 21.3. The molecule has 0 bridgehead atoms. The zero-order valence-corrected chi connectivity index (χ0v) is 49.0. The Balaban J connectivity index is 2.66. The lowest BCUT2D eigenvalue weighted by atomic mass is 9.98. The lowest BCUT2D eigenvalue weighted by Crippen LogP contribution is -2.61. The summed E-state index contributed by atoms with van der Waals surface area (Å²) in [4.78, 5) is 51.2. The largest absolute Gasteiger partial charge is 0.479 e. The van der Waals surface area contributed by atoms with Crippen molar-refractivity contribution in [2.75, 3.05) is 13.2 Å².